The molecule has 1 heterocycles. The zero-order valence-corrected chi connectivity index (χ0v) is 14.1. The molecule has 2 rings (SSSR count). The first-order valence-electron chi connectivity index (χ1n) is 8.50. The molecule has 0 aromatic rings. The summed E-state index contributed by atoms with van der Waals surface area (Å²) in [5, 5.41) is 19.5. The fraction of sp³-hybridized carbons (Fsp3) is 0.882. The molecule has 1 N–H and O–H groups in total. The van der Waals surface area contributed by atoms with E-state index in [0.29, 0.717) is 12.5 Å². The Bertz CT molecular complexity index is 438. The molecule has 5 nitrogen and oxygen atoms in total. The van der Waals surface area contributed by atoms with Crippen LogP contribution in [0.4, 0.5) is 0 Å². The van der Waals surface area contributed by atoms with Gasteiger partial charge in [-0.15, -0.1) is 0 Å². The first kappa shape index (κ1) is 17.2. The standard InChI is InChI=1S/C17H29N3O2/c1-13-6-8-17(12-18,9-7-13)19(3)16(22)14(2)20-10-4-5-15(21)11-20/h13-15,21H,4-11H2,1-3H3. The molecule has 1 aliphatic carbocycles. The van der Waals surface area contributed by atoms with Crippen LogP contribution in [0.25, 0.3) is 0 Å². The number of rotatable bonds is 3. The Balaban J connectivity index is 2.05. The van der Waals surface area contributed by atoms with Crippen molar-refractivity contribution in [2.24, 2.45) is 5.92 Å². The smallest absolute Gasteiger partial charge is 0.240 e. The monoisotopic (exact) mass is 307 g/mol. The van der Waals surface area contributed by atoms with Crippen LogP contribution in [-0.2, 0) is 4.79 Å². The number of carbonyl (C=O) groups excluding carboxylic acids is 1. The minimum absolute atomic E-state index is 0.00482. The second-order valence-electron chi connectivity index (χ2n) is 7.19. The van der Waals surface area contributed by atoms with Crippen molar-refractivity contribution >= 4 is 5.91 Å². The fourth-order valence-electron chi connectivity index (χ4n) is 3.74. The predicted octanol–water partition coefficient (Wildman–Crippen LogP) is 1.76. The maximum absolute atomic E-state index is 12.8. The molecule has 2 unspecified atom stereocenters. The zero-order chi connectivity index (χ0) is 16.3. The summed E-state index contributed by atoms with van der Waals surface area (Å²) in [7, 11) is 1.78. The van der Waals surface area contributed by atoms with Crippen molar-refractivity contribution in [1.29, 1.82) is 5.26 Å². The number of amides is 1. The lowest BCUT2D eigenvalue weighted by Crippen LogP contribution is -2.57. The number of nitriles is 1. The Labute approximate surface area is 133 Å². The van der Waals surface area contributed by atoms with Crippen LogP contribution in [0.5, 0.6) is 0 Å². The lowest BCUT2D eigenvalue weighted by atomic mass is 9.77. The summed E-state index contributed by atoms with van der Waals surface area (Å²) >= 11 is 0. The number of aliphatic hydroxyl groups is 1. The summed E-state index contributed by atoms with van der Waals surface area (Å²) < 4.78 is 0. The summed E-state index contributed by atoms with van der Waals surface area (Å²) in [6.45, 7) is 5.50. The molecule has 2 aliphatic rings. The highest BCUT2D eigenvalue weighted by Gasteiger charge is 2.42. The molecule has 1 saturated carbocycles. The molecule has 0 aromatic heterocycles. The van der Waals surface area contributed by atoms with Gasteiger partial charge >= 0.3 is 0 Å². The SMILES string of the molecule is CC1CCC(C#N)(N(C)C(=O)C(C)N2CCCC(O)C2)CC1. The van der Waals surface area contributed by atoms with Gasteiger partial charge in [0.1, 0.15) is 5.54 Å². The number of nitrogens with zero attached hydrogens (tertiary/aromatic N) is 3. The second-order valence-corrected chi connectivity index (χ2v) is 7.19. The third kappa shape index (κ3) is 3.44. The van der Waals surface area contributed by atoms with E-state index in [-0.39, 0.29) is 18.1 Å². The first-order chi connectivity index (χ1) is 10.4. The molecular formula is C17H29N3O2. The summed E-state index contributed by atoms with van der Waals surface area (Å²) in [6.07, 6.45) is 4.93. The van der Waals surface area contributed by atoms with Crippen LogP contribution in [0.3, 0.4) is 0 Å². The quantitative estimate of drug-likeness (QED) is 0.863. The van der Waals surface area contributed by atoms with E-state index in [1.54, 1.807) is 11.9 Å². The maximum Gasteiger partial charge on any atom is 0.240 e. The summed E-state index contributed by atoms with van der Waals surface area (Å²) in [5.74, 6) is 0.643. The first-order valence-corrected chi connectivity index (χ1v) is 8.50. The molecule has 1 amide bonds. The number of aliphatic hydroxyl groups excluding tert-OH is 1. The number of carbonyl (C=O) groups is 1. The van der Waals surface area contributed by atoms with Crippen molar-refractivity contribution in [3.63, 3.8) is 0 Å². The normalized spacial score (nSPS) is 34.7. The van der Waals surface area contributed by atoms with E-state index >= 15 is 0 Å². The van der Waals surface area contributed by atoms with Crippen LogP contribution in [-0.4, -0.2) is 58.6 Å². The Kier molecular flexibility index (Phi) is 5.46. The molecule has 0 radical (unpaired) electrons. The number of likely N-dealkylation sites (N-methyl/N-ethyl adjacent to an activating group) is 1. The average molecular weight is 307 g/mol. The number of likely N-dealkylation sites (tertiary alicyclic amines) is 1. The summed E-state index contributed by atoms with van der Waals surface area (Å²) in [5.41, 5.74) is -0.647. The van der Waals surface area contributed by atoms with Gasteiger partial charge in [-0.25, -0.2) is 0 Å². The Morgan fingerprint density at radius 2 is 2.05 bits per heavy atom. The second kappa shape index (κ2) is 6.97. The predicted molar refractivity (Wildman–Crippen MR) is 85.0 cm³/mol. The molecule has 0 spiro atoms. The van der Waals surface area contributed by atoms with Crippen molar-refractivity contribution in [1.82, 2.24) is 9.80 Å². The van der Waals surface area contributed by atoms with E-state index in [1.807, 2.05) is 11.8 Å². The highest BCUT2D eigenvalue weighted by Crippen LogP contribution is 2.36. The average Bonchev–Trinajstić information content (AvgIpc) is 2.54. The number of hydrogen-bond donors (Lipinski definition) is 1. The minimum Gasteiger partial charge on any atom is -0.392 e. The maximum atomic E-state index is 12.8. The van der Waals surface area contributed by atoms with Gasteiger partial charge in [-0.1, -0.05) is 6.92 Å². The molecule has 0 bridgehead atoms. The highest BCUT2D eigenvalue weighted by molar-refractivity contribution is 5.82. The summed E-state index contributed by atoms with van der Waals surface area (Å²) in [4.78, 5) is 16.6. The van der Waals surface area contributed by atoms with Gasteiger partial charge in [0.25, 0.3) is 0 Å². The van der Waals surface area contributed by atoms with Gasteiger partial charge in [-0.05, 0) is 57.9 Å². The van der Waals surface area contributed by atoms with Crippen LogP contribution in [0.1, 0.15) is 52.4 Å². The van der Waals surface area contributed by atoms with E-state index in [9.17, 15) is 15.2 Å². The topological polar surface area (TPSA) is 67.6 Å². The summed E-state index contributed by atoms with van der Waals surface area (Å²) in [6, 6.07) is 2.15. The van der Waals surface area contributed by atoms with Crippen LogP contribution >= 0.6 is 0 Å². The third-order valence-electron chi connectivity index (χ3n) is 5.62. The molecule has 2 atom stereocenters. The van der Waals surface area contributed by atoms with Gasteiger partial charge in [0.15, 0.2) is 0 Å². The van der Waals surface area contributed by atoms with E-state index in [0.717, 1.165) is 45.1 Å². The van der Waals surface area contributed by atoms with Crippen molar-refractivity contribution in [3.8, 4) is 6.07 Å². The van der Waals surface area contributed by atoms with Crippen molar-refractivity contribution in [2.75, 3.05) is 20.1 Å². The lowest BCUT2D eigenvalue weighted by Gasteiger charge is -2.43. The minimum atomic E-state index is -0.647. The van der Waals surface area contributed by atoms with Gasteiger partial charge in [-0.3, -0.25) is 9.69 Å². The van der Waals surface area contributed by atoms with Crippen molar-refractivity contribution < 1.29 is 9.90 Å². The van der Waals surface area contributed by atoms with Gasteiger partial charge in [0.2, 0.25) is 5.91 Å². The third-order valence-corrected chi connectivity index (χ3v) is 5.62. The molecule has 2 fully saturated rings. The number of β-amino-alcohol motifs (C(OH)–C–C–N with tert-alkyl or cyclic N) is 1. The number of hydrogen-bond acceptors (Lipinski definition) is 4. The highest BCUT2D eigenvalue weighted by atomic mass is 16.3. The van der Waals surface area contributed by atoms with Crippen molar-refractivity contribution in [2.45, 2.75) is 70.1 Å². The molecule has 0 aromatic carbocycles. The molecule has 1 aliphatic heterocycles. The van der Waals surface area contributed by atoms with Crippen LogP contribution in [0, 0.1) is 17.2 Å². The van der Waals surface area contributed by atoms with Crippen molar-refractivity contribution in [3.05, 3.63) is 0 Å². The largest absolute Gasteiger partial charge is 0.392 e. The Morgan fingerprint density at radius 1 is 1.41 bits per heavy atom. The molecule has 124 valence electrons. The van der Waals surface area contributed by atoms with Gasteiger partial charge < -0.3 is 10.0 Å². The van der Waals surface area contributed by atoms with E-state index < -0.39 is 5.54 Å². The molecule has 22 heavy (non-hydrogen) atoms. The zero-order valence-electron chi connectivity index (χ0n) is 14.1. The molecular weight excluding hydrogens is 278 g/mol. The van der Waals surface area contributed by atoms with Gasteiger partial charge in [0, 0.05) is 13.6 Å². The van der Waals surface area contributed by atoms with Gasteiger partial charge in [0.05, 0.1) is 18.2 Å². The fourth-order valence-corrected chi connectivity index (χ4v) is 3.74. The van der Waals surface area contributed by atoms with E-state index in [4.69, 9.17) is 0 Å². The molecule has 5 heteroatoms. The van der Waals surface area contributed by atoms with Crippen LogP contribution in [0.15, 0.2) is 0 Å². The van der Waals surface area contributed by atoms with Crippen LogP contribution < -0.4 is 0 Å². The molecule has 1 saturated heterocycles. The lowest BCUT2D eigenvalue weighted by molar-refractivity contribution is -0.141. The number of piperidine rings is 1. The van der Waals surface area contributed by atoms with Crippen LogP contribution in [0.2, 0.25) is 0 Å². The van der Waals surface area contributed by atoms with Gasteiger partial charge in [-0.2, -0.15) is 5.26 Å². The Morgan fingerprint density at radius 3 is 2.59 bits per heavy atom. The van der Waals surface area contributed by atoms with E-state index in [1.165, 1.54) is 0 Å². The van der Waals surface area contributed by atoms with E-state index in [2.05, 4.69) is 13.0 Å². The Hall–Kier alpha value is -1.12.